The average molecular weight is 220 g/mol. The minimum atomic E-state index is -0.193. The van der Waals surface area contributed by atoms with Crippen LogP contribution in [-0.4, -0.2) is 17.0 Å². The van der Waals surface area contributed by atoms with Gasteiger partial charge in [-0.1, -0.05) is 20.8 Å². The smallest absolute Gasteiger partial charge is 0.137 e. The standard InChI is InChI=1S/C14H20O2/c1-13(2)4-6-8-9-7(15)5-14(3,11(8)9)10(6)12(13)16/h6,8-12,16H,4-5H2,1-3H3/t6?,8?,9?,10?,11?,12-,14+/m0/s1. The van der Waals surface area contributed by atoms with Crippen molar-refractivity contribution in [3.05, 3.63) is 0 Å². The molecule has 4 aliphatic carbocycles. The van der Waals surface area contributed by atoms with Crippen molar-refractivity contribution in [3.63, 3.8) is 0 Å². The lowest BCUT2D eigenvalue weighted by molar-refractivity contribution is -0.120. The van der Waals surface area contributed by atoms with Crippen molar-refractivity contribution in [3.8, 4) is 0 Å². The average Bonchev–Trinajstić information content (AvgIpc) is 2.72. The van der Waals surface area contributed by atoms with Crippen molar-refractivity contribution in [2.75, 3.05) is 0 Å². The fourth-order valence-corrected chi connectivity index (χ4v) is 5.88. The lowest BCUT2D eigenvalue weighted by Gasteiger charge is -2.35. The van der Waals surface area contributed by atoms with E-state index in [0.29, 0.717) is 35.4 Å². The Balaban J connectivity index is 1.80. The van der Waals surface area contributed by atoms with E-state index in [1.54, 1.807) is 0 Å². The number of hydrogen-bond donors (Lipinski definition) is 1. The van der Waals surface area contributed by atoms with Crippen molar-refractivity contribution in [2.24, 2.45) is 40.4 Å². The highest BCUT2D eigenvalue weighted by atomic mass is 16.3. The lowest BCUT2D eigenvalue weighted by atomic mass is 9.71. The number of carbonyl (C=O) groups is 1. The molecule has 0 amide bonds. The van der Waals surface area contributed by atoms with Gasteiger partial charge in [0, 0.05) is 12.3 Å². The summed E-state index contributed by atoms with van der Waals surface area (Å²) in [6, 6.07) is 0. The van der Waals surface area contributed by atoms with Crippen LogP contribution < -0.4 is 0 Å². The number of Topliss-reactive ketones (excluding diaryl/α,β-unsaturated/α-hetero) is 1. The minimum absolute atomic E-state index is 0.0646. The molecule has 16 heavy (non-hydrogen) atoms. The van der Waals surface area contributed by atoms with E-state index in [0.717, 1.165) is 12.8 Å². The van der Waals surface area contributed by atoms with Crippen molar-refractivity contribution in [1.29, 1.82) is 0 Å². The molecule has 0 bridgehead atoms. The molecule has 4 aliphatic rings. The van der Waals surface area contributed by atoms with Crippen LogP contribution in [-0.2, 0) is 4.79 Å². The fraction of sp³-hybridized carbons (Fsp3) is 0.929. The first-order valence-electron chi connectivity index (χ1n) is 6.59. The molecule has 4 rings (SSSR count). The molecule has 0 aliphatic heterocycles. The number of aliphatic hydroxyl groups is 1. The molecule has 0 spiro atoms. The molecule has 5 unspecified atom stereocenters. The van der Waals surface area contributed by atoms with Crippen molar-refractivity contribution < 1.29 is 9.90 Å². The second-order valence-corrected chi connectivity index (χ2v) is 7.61. The predicted molar refractivity (Wildman–Crippen MR) is 59.6 cm³/mol. The summed E-state index contributed by atoms with van der Waals surface area (Å²) < 4.78 is 0. The number of ketones is 1. The van der Waals surface area contributed by atoms with Gasteiger partial charge in [0.25, 0.3) is 0 Å². The van der Waals surface area contributed by atoms with Gasteiger partial charge in [0.15, 0.2) is 0 Å². The van der Waals surface area contributed by atoms with Gasteiger partial charge in [-0.05, 0) is 40.9 Å². The largest absolute Gasteiger partial charge is 0.392 e. The molecule has 88 valence electrons. The molecule has 0 heterocycles. The highest BCUT2D eigenvalue weighted by Gasteiger charge is 2.81. The summed E-state index contributed by atoms with van der Waals surface area (Å²) in [4.78, 5) is 11.9. The Hall–Kier alpha value is -0.370. The van der Waals surface area contributed by atoms with Gasteiger partial charge in [0.1, 0.15) is 5.78 Å². The Morgan fingerprint density at radius 3 is 2.62 bits per heavy atom. The zero-order valence-corrected chi connectivity index (χ0v) is 10.2. The van der Waals surface area contributed by atoms with E-state index in [-0.39, 0.29) is 16.9 Å². The Labute approximate surface area is 96.4 Å². The summed E-state index contributed by atoms with van der Waals surface area (Å²) in [5.41, 5.74) is 0.208. The van der Waals surface area contributed by atoms with Gasteiger partial charge in [-0.3, -0.25) is 4.79 Å². The van der Waals surface area contributed by atoms with E-state index >= 15 is 0 Å². The van der Waals surface area contributed by atoms with E-state index < -0.39 is 0 Å². The van der Waals surface area contributed by atoms with Crippen LogP contribution in [0, 0.1) is 40.4 Å². The second-order valence-electron chi connectivity index (χ2n) is 7.61. The molecule has 1 N–H and O–H groups in total. The van der Waals surface area contributed by atoms with Crippen LogP contribution in [0.1, 0.15) is 33.6 Å². The zero-order chi connectivity index (χ0) is 11.5. The Kier molecular flexibility index (Phi) is 1.37. The van der Waals surface area contributed by atoms with Gasteiger partial charge in [-0.15, -0.1) is 0 Å². The minimum Gasteiger partial charge on any atom is -0.392 e. The summed E-state index contributed by atoms with van der Waals surface area (Å²) in [5, 5.41) is 10.5. The summed E-state index contributed by atoms with van der Waals surface area (Å²) >= 11 is 0. The quantitative estimate of drug-likeness (QED) is 0.676. The Morgan fingerprint density at radius 1 is 1.25 bits per heavy atom. The number of hydrogen-bond acceptors (Lipinski definition) is 2. The van der Waals surface area contributed by atoms with Crippen LogP contribution in [0.4, 0.5) is 0 Å². The highest BCUT2D eigenvalue weighted by Crippen LogP contribution is 2.81. The van der Waals surface area contributed by atoms with Gasteiger partial charge in [0.05, 0.1) is 6.10 Å². The molecule has 4 saturated carbocycles. The first kappa shape index (κ1) is 9.64. The van der Waals surface area contributed by atoms with Gasteiger partial charge in [-0.25, -0.2) is 0 Å². The molecular formula is C14H20O2. The molecule has 0 aromatic heterocycles. The van der Waals surface area contributed by atoms with Crippen LogP contribution in [0.5, 0.6) is 0 Å². The third kappa shape index (κ3) is 0.756. The van der Waals surface area contributed by atoms with Gasteiger partial charge in [0.2, 0.25) is 0 Å². The van der Waals surface area contributed by atoms with Crippen LogP contribution in [0.3, 0.4) is 0 Å². The monoisotopic (exact) mass is 220 g/mol. The summed E-state index contributed by atoms with van der Waals surface area (Å²) in [6.45, 7) is 6.64. The Morgan fingerprint density at radius 2 is 1.94 bits per heavy atom. The SMILES string of the molecule is CC1(C)CC2C3C4C(=O)C[C@@](C)(C43)C2[C@@H]1O. The topological polar surface area (TPSA) is 37.3 Å². The summed E-state index contributed by atoms with van der Waals surface area (Å²) in [7, 11) is 0. The van der Waals surface area contributed by atoms with E-state index in [4.69, 9.17) is 0 Å². The van der Waals surface area contributed by atoms with Crippen molar-refractivity contribution in [1.82, 2.24) is 0 Å². The normalized spacial score (nSPS) is 64.6. The molecule has 2 nitrogen and oxygen atoms in total. The maximum Gasteiger partial charge on any atom is 0.137 e. The third-order valence-electron chi connectivity index (χ3n) is 6.38. The van der Waals surface area contributed by atoms with E-state index in [2.05, 4.69) is 20.8 Å². The zero-order valence-electron chi connectivity index (χ0n) is 10.2. The highest BCUT2D eigenvalue weighted by molar-refractivity contribution is 5.89. The molecule has 0 aromatic carbocycles. The van der Waals surface area contributed by atoms with E-state index in [1.807, 2.05) is 0 Å². The van der Waals surface area contributed by atoms with Crippen molar-refractivity contribution >= 4 is 5.78 Å². The van der Waals surface area contributed by atoms with Gasteiger partial charge in [-0.2, -0.15) is 0 Å². The molecule has 0 saturated heterocycles. The first-order valence-corrected chi connectivity index (χ1v) is 6.59. The molecule has 0 radical (unpaired) electrons. The molecule has 4 fully saturated rings. The summed E-state index contributed by atoms with van der Waals surface area (Å²) in [5.74, 6) is 3.22. The second kappa shape index (κ2) is 2.27. The number of rotatable bonds is 0. The Bertz CT molecular complexity index is 400. The first-order chi connectivity index (χ1) is 7.38. The van der Waals surface area contributed by atoms with Gasteiger partial charge >= 0.3 is 0 Å². The number of aliphatic hydroxyl groups excluding tert-OH is 1. The van der Waals surface area contributed by atoms with Crippen LogP contribution >= 0.6 is 0 Å². The maximum atomic E-state index is 11.9. The maximum absolute atomic E-state index is 11.9. The van der Waals surface area contributed by atoms with E-state index in [1.165, 1.54) is 0 Å². The third-order valence-corrected chi connectivity index (χ3v) is 6.38. The number of fused-ring (bicyclic) bond motifs is 4. The fourth-order valence-electron chi connectivity index (χ4n) is 5.88. The molecular weight excluding hydrogens is 200 g/mol. The summed E-state index contributed by atoms with van der Waals surface area (Å²) in [6.07, 6.45) is 1.67. The molecule has 7 atom stereocenters. The van der Waals surface area contributed by atoms with E-state index in [9.17, 15) is 9.90 Å². The number of carbonyl (C=O) groups excluding carboxylic acids is 1. The van der Waals surface area contributed by atoms with Gasteiger partial charge < -0.3 is 5.11 Å². The van der Waals surface area contributed by atoms with Crippen molar-refractivity contribution in [2.45, 2.75) is 39.7 Å². The molecule has 2 heteroatoms. The van der Waals surface area contributed by atoms with Crippen LogP contribution in [0.15, 0.2) is 0 Å². The molecule has 0 aromatic rings. The lowest BCUT2D eigenvalue weighted by Crippen LogP contribution is -2.37. The van der Waals surface area contributed by atoms with Crippen LogP contribution in [0.25, 0.3) is 0 Å². The van der Waals surface area contributed by atoms with Crippen LogP contribution in [0.2, 0.25) is 0 Å². The predicted octanol–water partition coefficient (Wildman–Crippen LogP) is 1.86.